The Bertz CT molecular complexity index is 1300. The first-order valence-electron chi connectivity index (χ1n) is 11.5. The lowest BCUT2D eigenvalue weighted by Crippen LogP contribution is -2.49. The highest BCUT2D eigenvalue weighted by atomic mass is 16.2. The lowest BCUT2D eigenvalue weighted by Gasteiger charge is -2.51. The highest BCUT2D eigenvalue weighted by molar-refractivity contribution is 5.88. The molecule has 1 atom stereocenters. The third kappa shape index (κ3) is 2.69. The van der Waals surface area contributed by atoms with Crippen molar-refractivity contribution < 1.29 is 4.79 Å². The highest BCUT2D eigenvalue weighted by Gasteiger charge is 2.54. The Balaban J connectivity index is 1.40. The molecule has 1 unspecified atom stereocenters. The molecule has 2 heteroatoms. The molecule has 0 saturated heterocycles. The Kier molecular flexibility index (Phi) is 4.26. The van der Waals surface area contributed by atoms with E-state index in [2.05, 4.69) is 97.9 Å². The van der Waals surface area contributed by atoms with Crippen LogP contribution in [0.5, 0.6) is 0 Å². The van der Waals surface area contributed by atoms with Crippen molar-refractivity contribution in [3.8, 4) is 0 Å². The molecule has 7 rings (SSSR count). The largest absolute Gasteiger partial charge is 0.341 e. The minimum Gasteiger partial charge on any atom is -0.341 e. The fourth-order valence-corrected chi connectivity index (χ4v) is 6.37. The number of carbonyl (C=O) groups excluding carboxylic acids is 1. The van der Waals surface area contributed by atoms with Crippen LogP contribution in [0.1, 0.15) is 53.0 Å². The molecule has 4 aromatic rings. The van der Waals surface area contributed by atoms with E-state index < -0.39 is 5.41 Å². The van der Waals surface area contributed by atoms with Crippen molar-refractivity contribution in [3.05, 3.63) is 119 Å². The quantitative estimate of drug-likeness (QED) is 0.373. The first kappa shape index (κ1) is 19.3. The summed E-state index contributed by atoms with van der Waals surface area (Å²) in [6.07, 6.45) is 0.865. The fourth-order valence-electron chi connectivity index (χ4n) is 6.37. The highest BCUT2D eigenvalue weighted by Crippen LogP contribution is 2.61. The van der Waals surface area contributed by atoms with E-state index in [1.165, 1.54) is 38.6 Å². The summed E-state index contributed by atoms with van der Waals surface area (Å²) in [6.45, 7) is 2.81. The van der Waals surface area contributed by atoms with Gasteiger partial charge in [0.05, 0.1) is 5.41 Å². The molecule has 1 amide bonds. The van der Waals surface area contributed by atoms with E-state index in [9.17, 15) is 4.79 Å². The van der Waals surface area contributed by atoms with Crippen LogP contribution in [0.15, 0.2) is 91.0 Å². The van der Waals surface area contributed by atoms with Crippen LogP contribution in [-0.2, 0) is 11.3 Å². The van der Waals surface area contributed by atoms with Crippen molar-refractivity contribution in [2.45, 2.75) is 31.7 Å². The van der Waals surface area contributed by atoms with Crippen molar-refractivity contribution in [2.75, 3.05) is 7.05 Å². The van der Waals surface area contributed by atoms with Crippen LogP contribution in [0.25, 0.3) is 10.8 Å². The number of carbonyl (C=O) groups is 1. The van der Waals surface area contributed by atoms with Gasteiger partial charge in [-0.05, 0) is 51.9 Å². The van der Waals surface area contributed by atoms with E-state index in [0.29, 0.717) is 6.54 Å². The zero-order valence-corrected chi connectivity index (χ0v) is 18.6. The molecule has 0 N–H and O–H groups in total. The third-order valence-electron chi connectivity index (χ3n) is 7.75. The fraction of sp³-hybridized carbons (Fsp3) is 0.233. The van der Waals surface area contributed by atoms with Crippen LogP contribution < -0.4 is 0 Å². The maximum Gasteiger partial charge on any atom is 0.229 e. The number of benzene rings is 4. The second-order valence-electron chi connectivity index (χ2n) is 9.66. The van der Waals surface area contributed by atoms with Crippen LogP contribution in [0.2, 0.25) is 0 Å². The average Bonchev–Trinajstić information content (AvgIpc) is 2.84. The van der Waals surface area contributed by atoms with E-state index in [1.54, 1.807) is 0 Å². The monoisotopic (exact) mass is 417 g/mol. The van der Waals surface area contributed by atoms with Gasteiger partial charge in [-0.25, -0.2) is 0 Å². The smallest absolute Gasteiger partial charge is 0.229 e. The molecule has 3 aliphatic rings. The maximum atomic E-state index is 14.1. The predicted octanol–water partition coefficient (Wildman–Crippen LogP) is 6.49. The summed E-state index contributed by atoms with van der Waals surface area (Å²) < 4.78 is 0. The predicted molar refractivity (Wildman–Crippen MR) is 130 cm³/mol. The summed E-state index contributed by atoms with van der Waals surface area (Å²) in [5.74, 6) is 0.624. The Hall–Kier alpha value is -3.39. The molecule has 0 radical (unpaired) electrons. The molecule has 0 aromatic heterocycles. The summed E-state index contributed by atoms with van der Waals surface area (Å²) >= 11 is 0. The van der Waals surface area contributed by atoms with Crippen molar-refractivity contribution in [1.82, 2.24) is 4.90 Å². The number of amides is 1. The van der Waals surface area contributed by atoms with Crippen LogP contribution in [0.4, 0.5) is 0 Å². The van der Waals surface area contributed by atoms with Crippen molar-refractivity contribution in [3.63, 3.8) is 0 Å². The minimum absolute atomic E-state index is 0.0994. The maximum absolute atomic E-state index is 14.1. The second-order valence-corrected chi connectivity index (χ2v) is 9.66. The zero-order chi connectivity index (χ0) is 21.9. The molecule has 2 nitrogen and oxygen atoms in total. The average molecular weight is 418 g/mol. The van der Waals surface area contributed by atoms with Gasteiger partial charge in [0.2, 0.25) is 5.91 Å². The standard InChI is InChI=1S/C30H27NO/c1-30(29(32)31(2)19-21-12-9-11-20-10-3-4-13-22(20)21)18-27-23-14-5-7-16-25(23)28(30)26-17-8-6-15-24(26)27/h3-17,27-28H,18-19H2,1-2H3. The number of rotatable bonds is 3. The first-order chi connectivity index (χ1) is 15.6. The van der Waals surface area contributed by atoms with Gasteiger partial charge in [-0.15, -0.1) is 0 Å². The SMILES string of the molecule is CN(Cc1cccc2ccccc12)C(=O)C1(C)CC2c3ccccc3C1c1ccccc12. The third-order valence-corrected chi connectivity index (χ3v) is 7.75. The van der Waals surface area contributed by atoms with E-state index in [-0.39, 0.29) is 17.7 Å². The van der Waals surface area contributed by atoms with Crippen LogP contribution in [0.3, 0.4) is 0 Å². The first-order valence-corrected chi connectivity index (χ1v) is 11.5. The van der Waals surface area contributed by atoms with Crippen LogP contribution in [-0.4, -0.2) is 17.9 Å². The molecule has 4 aromatic carbocycles. The minimum atomic E-state index is -0.452. The molecule has 2 bridgehead atoms. The second kappa shape index (κ2) is 7.06. The van der Waals surface area contributed by atoms with Gasteiger partial charge in [0, 0.05) is 25.4 Å². The van der Waals surface area contributed by atoms with E-state index in [4.69, 9.17) is 0 Å². The van der Waals surface area contributed by atoms with Gasteiger partial charge in [-0.1, -0.05) is 91.0 Å². The molecule has 0 saturated carbocycles. The van der Waals surface area contributed by atoms with Gasteiger partial charge in [-0.3, -0.25) is 4.79 Å². The van der Waals surface area contributed by atoms with Gasteiger partial charge in [0.25, 0.3) is 0 Å². The van der Waals surface area contributed by atoms with E-state index >= 15 is 0 Å². The molecular formula is C30H27NO. The summed E-state index contributed by atoms with van der Waals surface area (Å²) in [4.78, 5) is 16.0. The molecule has 0 heterocycles. The normalized spacial score (nSPS) is 22.9. The summed E-state index contributed by atoms with van der Waals surface area (Å²) in [5.41, 5.74) is 6.21. The lowest BCUT2D eigenvalue weighted by molar-refractivity contribution is -0.142. The van der Waals surface area contributed by atoms with Crippen molar-refractivity contribution >= 4 is 16.7 Å². The van der Waals surface area contributed by atoms with Gasteiger partial charge in [0.1, 0.15) is 0 Å². The molecule has 32 heavy (non-hydrogen) atoms. The zero-order valence-electron chi connectivity index (χ0n) is 18.6. The lowest BCUT2D eigenvalue weighted by atomic mass is 9.52. The Morgan fingerprint density at radius 1 is 0.812 bits per heavy atom. The molecule has 0 spiro atoms. The Morgan fingerprint density at radius 3 is 2.06 bits per heavy atom. The van der Waals surface area contributed by atoms with Crippen LogP contribution in [0, 0.1) is 5.41 Å². The number of nitrogens with zero attached hydrogens (tertiary/aromatic N) is 1. The van der Waals surface area contributed by atoms with Crippen LogP contribution >= 0.6 is 0 Å². The van der Waals surface area contributed by atoms with Crippen molar-refractivity contribution in [2.24, 2.45) is 5.41 Å². The topological polar surface area (TPSA) is 20.3 Å². The van der Waals surface area contributed by atoms with Gasteiger partial charge < -0.3 is 4.90 Å². The summed E-state index contributed by atoms with van der Waals surface area (Å²) in [7, 11) is 1.97. The van der Waals surface area contributed by atoms with Gasteiger partial charge >= 0.3 is 0 Å². The number of fused-ring (bicyclic) bond motifs is 2. The van der Waals surface area contributed by atoms with Gasteiger partial charge in [0.15, 0.2) is 0 Å². The molecule has 158 valence electrons. The summed E-state index contributed by atoms with van der Waals surface area (Å²) in [6, 6.07) is 32.3. The van der Waals surface area contributed by atoms with Crippen molar-refractivity contribution in [1.29, 1.82) is 0 Å². The summed E-state index contributed by atoms with van der Waals surface area (Å²) in [5, 5.41) is 2.44. The molecule has 0 aliphatic heterocycles. The molecule has 0 fully saturated rings. The molecule has 3 aliphatic carbocycles. The van der Waals surface area contributed by atoms with Gasteiger partial charge in [-0.2, -0.15) is 0 Å². The Labute approximate surface area is 189 Å². The Morgan fingerprint density at radius 2 is 1.38 bits per heavy atom. The molecular weight excluding hydrogens is 390 g/mol. The van der Waals surface area contributed by atoms with E-state index in [0.717, 1.165) is 6.42 Å². The number of hydrogen-bond donors (Lipinski definition) is 0. The number of hydrogen-bond acceptors (Lipinski definition) is 1. The van der Waals surface area contributed by atoms with E-state index in [1.807, 2.05) is 11.9 Å².